The number of fused-ring (bicyclic) bond motifs is 1. The molecule has 6 rings (SSSR count). The lowest BCUT2D eigenvalue weighted by molar-refractivity contribution is -0.122. The fourth-order valence-corrected chi connectivity index (χ4v) is 6.07. The highest BCUT2D eigenvalue weighted by Gasteiger charge is 2.36. The van der Waals surface area contributed by atoms with Crippen LogP contribution >= 0.6 is 11.8 Å². The number of hydrogen-bond donors (Lipinski definition) is 4. The summed E-state index contributed by atoms with van der Waals surface area (Å²) >= 11 is 1.36. The van der Waals surface area contributed by atoms with Gasteiger partial charge >= 0.3 is 0 Å². The molecule has 39 heavy (non-hydrogen) atoms. The minimum absolute atomic E-state index is 0.128. The van der Waals surface area contributed by atoms with Gasteiger partial charge < -0.3 is 14.9 Å². The zero-order valence-corrected chi connectivity index (χ0v) is 22.9. The third kappa shape index (κ3) is 5.22. The molecule has 1 atom stereocenters. The standard InChI is InChI=1S/C26H23N5O2S.CH4O3S/c1-30-11-18(16-6-2-3-8-20(16)30)21-22(25(33)29-24(21)32)19-12-31-10-14(13-34-26(27)28)9-15-5-4-7-17(19)23(15)31;1-5(2,3)4/h2-8,11-12,14H,9-10,13H2,1H3,(H3,27,28)(H,29,32,33);1H3,(H,2,3,4). The van der Waals surface area contributed by atoms with Crippen molar-refractivity contribution in [2.45, 2.75) is 13.0 Å². The number of benzene rings is 2. The second kappa shape index (κ2) is 10.0. The Morgan fingerprint density at radius 3 is 2.36 bits per heavy atom. The molecule has 2 aromatic heterocycles. The van der Waals surface area contributed by atoms with E-state index in [0.29, 0.717) is 23.3 Å². The van der Waals surface area contributed by atoms with Gasteiger partial charge in [0.2, 0.25) is 0 Å². The van der Waals surface area contributed by atoms with Crippen molar-refractivity contribution >= 4 is 71.8 Å². The molecule has 2 aliphatic rings. The molecule has 4 aromatic rings. The molecule has 10 nitrogen and oxygen atoms in total. The molecule has 0 radical (unpaired) electrons. The molecule has 0 fully saturated rings. The quantitative estimate of drug-likeness (QED) is 0.128. The zero-order chi connectivity index (χ0) is 28.1. The minimum Gasteiger partial charge on any atom is -0.379 e. The van der Waals surface area contributed by atoms with E-state index in [0.717, 1.165) is 51.7 Å². The van der Waals surface area contributed by atoms with E-state index in [2.05, 4.69) is 16.0 Å². The molecule has 2 aliphatic heterocycles. The molecule has 0 saturated carbocycles. The Balaban J connectivity index is 0.000000567. The lowest BCUT2D eigenvalue weighted by Gasteiger charge is -2.24. The number of nitrogens with one attached hydrogen (secondary N) is 2. The highest BCUT2D eigenvalue weighted by molar-refractivity contribution is 8.13. The van der Waals surface area contributed by atoms with Gasteiger partial charge in [0, 0.05) is 59.2 Å². The smallest absolute Gasteiger partial charge is 0.261 e. The molecule has 1 unspecified atom stereocenters. The lowest BCUT2D eigenvalue weighted by Crippen LogP contribution is -2.22. The van der Waals surface area contributed by atoms with Crippen molar-refractivity contribution < 1.29 is 22.6 Å². The molecule has 2 amide bonds. The van der Waals surface area contributed by atoms with Gasteiger partial charge in [0.25, 0.3) is 21.9 Å². The summed E-state index contributed by atoms with van der Waals surface area (Å²) < 4.78 is 30.0. The topological polar surface area (TPSA) is 160 Å². The number of hydrogen-bond acceptors (Lipinski definition) is 6. The zero-order valence-electron chi connectivity index (χ0n) is 21.3. The largest absolute Gasteiger partial charge is 0.379 e. The maximum atomic E-state index is 13.1. The number of thioether (sulfide) groups is 1. The summed E-state index contributed by atoms with van der Waals surface area (Å²) in [7, 11) is -1.72. The highest BCUT2D eigenvalue weighted by Crippen LogP contribution is 2.41. The van der Waals surface area contributed by atoms with Gasteiger partial charge in [0.15, 0.2) is 5.17 Å². The maximum Gasteiger partial charge on any atom is 0.261 e. The molecule has 0 bridgehead atoms. The summed E-state index contributed by atoms with van der Waals surface area (Å²) in [4.78, 5) is 26.2. The summed E-state index contributed by atoms with van der Waals surface area (Å²) in [6, 6.07) is 14.1. The Morgan fingerprint density at radius 1 is 1.08 bits per heavy atom. The molecule has 12 heteroatoms. The first kappa shape index (κ1) is 26.7. The van der Waals surface area contributed by atoms with Crippen LogP contribution < -0.4 is 11.1 Å². The minimum atomic E-state index is -3.67. The number of nitrogens with zero attached hydrogens (tertiary/aromatic N) is 2. The Labute approximate surface area is 229 Å². The van der Waals surface area contributed by atoms with Crippen LogP contribution in [0.2, 0.25) is 0 Å². The maximum absolute atomic E-state index is 13.1. The Bertz CT molecular complexity index is 1810. The van der Waals surface area contributed by atoms with Crippen molar-refractivity contribution in [1.82, 2.24) is 14.5 Å². The number of carbonyl (C=O) groups excluding carboxylic acids is 2. The highest BCUT2D eigenvalue weighted by atomic mass is 32.2. The monoisotopic (exact) mass is 565 g/mol. The second-order valence-electron chi connectivity index (χ2n) is 9.69. The molecule has 4 heterocycles. The number of rotatable bonds is 4. The summed E-state index contributed by atoms with van der Waals surface area (Å²) in [5.41, 5.74) is 11.3. The molecule has 2 aromatic carbocycles. The summed E-state index contributed by atoms with van der Waals surface area (Å²) in [5.74, 6) is 0.374. The molecule has 0 aliphatic carbocycles. The van der Waals surface area contributed by atoms with Crippen molar-refractivity contribution in [2.75, 3.05) is 12.0 Å². The number of imide groups is 1. The number of amidine groups is 1. The normalized spacial score (nSPS) is 16.9. The predicted molar refractivity (Wildman–Crippen MR) is 154 cm³/mol. The van der Waals surface area contributed by atoms with E-state index in [-0.39, 0.29) is 17.0 Å². The number of nitrogens with two attached hydrogens (primary N) is 1. The van der Waals surface area contributed by atoms with E-state index >= 15 is 0 Å². The van der Waals surface area contributed by atoms with Crippen LogP contribution in [0, 0.1) is 11.3 Å². The molecule has 0 spiro atoms. The van der Waals surface area contributed by atoms with E-state index in [9.17, 15) is 18.0 Å². The summed E-state index contributed by atoms with van der Waals surface area (Å²) in [5, 5.41) is 12.1. The Morgan fingerprint density at radius 2 is 1.69 bits per heavy atom. The van der Waals surface area contributed by atoms with Gasteiger partial charge in [-0.2, -0.15) is 8.42 Å². The summed E-state index contributed by atoms with van der Waals surface area (Å²) in [6.07, 6.45) is 5.54. The van der Waals surface area contributed by atoms with Crippen LogP contribution in [0.1, 0.15) is 16.7 Å². The Kier molecular flexibility index (Phi) is 6.87. The second-order valence-corrected chi connectivity index (χ2v) is 12.2. The first-order chi connectivity index (χ1) is 18.4. The van der Waals surface area contributed by atoms with Crippen LogP contribution in [-0.4, -0.2) is 51.1 Å². The van der Waals surface area contributed by atoms with Crippen LogP contribution in [0.4, 0.5) is 0 Å². The van der Waals surface area contributed by atoms with E-state index in [1.807, 2.05) is 60.4 Å². The van der Waals surface area contributed by atoms with Gasteiger partial charge in [0.1, 0.15) is 0 Å². The Hall–Kier alpha value is -3.87. The van der Waals surface area contributed by atoms with Crippen LogP contribution in [0.3, 0.4) is 0 Å². The van der Waals surface area contributed by atoms with Crippen molar-refractivity contribution in [2.24, 2.45) is 18.7 Å². The molecule has 202 valence electrons. The number of aryl methyl sites for hydroxylation is 1. The lowest BCUT2D eigenvalue weighted by atomic mass is 9.93. The van der Waals surface area contributed by atoms with Gasteiger partial charge in [-0.15, -0.1) is 0 Å². The first-order valence-electron chi connectivity index (χ1n) is 12.1. The van der Waals surface area contributed by atoms with Crippen molar-refractivity contribution in [3.8, 4) is 0 Å². The summed E-state index contributed by atoms with van der Waals surface area (Å²) in [6.45, 7) is 0.778. The number of aromatic nitrogens is 2. The van der Waals surface area contributed by atoms with E-state index in [1.165, 1.54) is 17.3 Å². The van der Waals surface area contributed by atoms with Crippen LogP contribution in [0.5, 0.6) is 0 Å². The molecular weight excluding hydrogens is 538 g/mol. The van der Waals surface area contributed by atoms with E-state index in [4.69, 9.17) is 15.7 Å². The van der Waals surface area contributed by atoms with Crippen molar-refractivity contribution in [1.29, 1.82) is 5.41 Å². The van der Waals surface area contributed by atoms with Gasteiger partial charge in [0.05, 0.1) is 22.9 Å². The molecule has 0 saturated heterocycles. The third-order valence-electron chi connectivity index (χ3n) is 6.79. The van der Waals surface area contributed by atoms with E-state index < -0.39 is 10.1 Å². The average molecular weight is 566 g/mol. The van der Waals surface area contributed by atoms with Gasteiger partial charge in [-0.05, 0) is 24.0 Å². The van der Waals surface area contributed by atoms with Crippen LogP contribution in [-0.2, 0) is 39.7 Å². The first-order valence-corrected chi connectivity index (χ1v) is 14.9. The molecule has 5 N–H and O–H groups in total. The van der Waals surface area contributed by atoms with Crippen LogP contribution in [0.25, 0.3) is 33.0 Å². The third-order valence-corrected chi connectivity index (χ3v) is 7.74. The molecular formula is C27H27N5O5S2. The van der Waals surface area contributed by atoms with Crippen molar-refractivity contribution in [3.05, 3.63) is 71.5 Å². The van der Waals surface area contributed by atoms with Crippen molar-refractivity contribution in [3.63, 3.8) is 0 Å². The fourth-order valence-electron chi connectivity index (χ4n) is 5.43. The van der Waals surface area contributed by atoms with Gasteiger partial charge in [-0.25, -0.2) is 0 Å². The SMILES string of the molecule is CS(=O)(=O)O.Cn1cc(C2=C(c3cn4c5c(cccc35)CC(CSC(=N)N)C4)C(=O)NC2=O)c2ccccc21. The fraction of sp³-hybridized carbons (Fsp3) is 0.222. The average Bonchev–Trinajstić information content (AvgIpc) is 3.48. The number of para-hydroxylation sites is 2. The van der Waals surface area contributed by atoms with Crippen LogP contribution in [0.15, 0.2) is 54.9 Å². The predicted octanol–water partition coefficient (Wildman–Crippen LogP) is 3.00. The number of amides is 2. The van der Waals surface area contributed by atoms with Gasteiger partial charge in [-0.3, -0.25) is 24.9 Å². The van der Waals surface area contributed by atoms with Gasteiger partial charge in [-0.1, -0.05) is 48.2 Å². The number of carbonyl (C=O) groups is 2. The van der Waals surface area contributed by atoms with E-state index in [1.54, 1.807) is 0 Å².